The molecule has 0 saturated carbocycles. The first-order valence-corrected chi connectivity index (χ1v) is 6.03. The number of likely N-dealkylation sites (tertiary alicyclic amines) is 1. The Bertz CT molecular complexity index is 439. The minimum Gasteiger partial charge on any atom is -0.481 e. The van der Waals surface area contributed by atoms with E-state index >= 15 is 0 Å². The number of nitrogens with two attached hydrogens (primary N) is 1. The van der Waals surface area contributed by atoms with E-state index in [-0.39, 0.29) is 17.8 Å². The van der Waals surface area contributed by atoms with Crippen LogP contribution < -0.4 is 10.5 Å². The third kappa shape index (κ3) is 2.98. The SMILES string of the molecule is C[C@@H](Oc1cccc(F)c1)C(=O)N1CC[C@H](N)C1. The van der Waals surface area contributed by atoms with Crippen molar-refractivity contribution < 1.29 is 13.9 Å². The fraction of sp³-hybridized carbons (Fsp3) is 0.462. The van der Waals surface area contributed by atoms with Crippen molar-refractivity contribution >= 4 is 5.91 Å². The number of benzene rings is 1. The van der Waals surface area contributed by atoms with E-state index in [4.69, 9.17) is 10.5 Å². The second-order valence-corrected chi connectivity index (χ2v) is 4.55. The molecule has 1 aromatic rings. The van der Waals surface area contributed by atoms with Gasteiger partial charge >= 0.3 is 0 Å². The molecule has 4 nitrogen and oxygen atoms in total. The highest BCUT2D eigenvalue weighted by Gasteiger charge is 2.28. The van der Waals surface area contributed by atoms with Gasteiger partial charge in [0.2, 0.25) is 0 Å². The van der Waals surface area contributed by atoms with Crippen LogP contribution in [0.4, 0.5) is 4.39 Å². The lowest BCUT2D eigenvalue weighted by Crippen LogP contribution is -2.40. The molecule has 18 heavy (non-hydrogen) atoms. The van der Waals surface area contributed by atoms with Gasteiger partial charge in [0.05, 0.1) is 0 Å². The fourth-order valence-corrected chi connectivity index (χ4v) is 2.04. The Kier molecular flexibility index (Phi) is 3.81. The molecule has 0 spiro atoms. The van der Waals surface area contributed by atoms with Crippen LogP contribution in [0, 0.1) is 5.82 Å². The number of carbonyl (C=O) groups is 1. The molecule has 0 unspecified atom stereocenters. The number of nitrogens with zero attached hydrogens (tertiary/aromatic N) is 1. The summed E-state index contributed by atoms with van der Waals surface area (Å²) in [6.07, 6.45) is 0.190. The summed E-state index contributed by atoms with van der Waals surface area (Å²) in [4.78, 5) is 13.7. The largest absolute Gasteiger partial charge is 0.481 e. The molecule has 1 aliphatic rings. The van der Waals surface area contributed by atoms with Crippen molar-refractivity contribution in [3.63, 3.8) is 0 Å². The molecule has 1 aliphatic heterocycles. The van der Waals surface area contributed by atoms with Crippen LogP contribution in [0.1, 0.15) is 13.3 Å². The van der Waals surface area contributed by atoms with E-state index in [1.165, 1.54) is 12.1 Å². The molecular weight excluding hydrogens is 235 g/mol. The van der Waals surface area contributed by atoms with Gasteiger partial charge in [0, 0.05) is 25.2 Å². The molecule has 0 radical (unpaired) electrons. The predicted molar refractivity (Wildman–Crippen MR) is 65.7 cm³/mol. The van der Waals surface area contributed by atoms with E-state index in [0.29, 0.717) is 18.8 Å². The van der Waals surface area contributed by atoms with E-state index in [0.717, 1.165) is 6.42 Å². The second kappa shape index (κ2) is 5.35. The smallest absolute Gasteiger partial charge is 0.263 e. The predicted octanol–water partition coefficient (Wildman–Crippen LogP) is 1.15. The summed E-state index contributed by atoms with van der Waals surface area (Å²) in [6, 6.07) is 5.82. The Morgan fingerprint density at radius 1 is 1.61 bits per heavy atom. The third-order valence-corrected chi connectivity index (χ3v) is 2.99. The number of rotatable bonds is 3. The molecule has 2 N–H and O–H groups in total. The maximum Gasteiger partial charge on any atom is 0.263 e. The second-order valence-electron chi connectivity index (χ2n) is 4.55. The van der Waals surface area contributed by atoms with Gasteiger partial charge in [-0.2, -0.15) is 0 Å². The molecule has 2 rings (SSSR count). The topological polar surface area (TPSA) is 55.6 Å². The molecule has 98 valence electrons. The Balaban J connectivity index is 1.95. The van der Waals surface area contributed by atoms with Crippen LogP contribution in [-0.2, 0) is 4.79 Å². The molecule has 5 heteroatoms. The number of hydrogen-bond donors (Lipinski definition) is 1. The lowest BCUT2D eigenvalue weighted by molar-refractivity contribution is -0.136. The van der Waals surface area contributed by atoms with Gasteiger partial charge in [-0.25, -0.2) is 4.39 Å². The van der Waals surface area contributed by atoms with Gasteiger partial charge in [-0.05, 0) is 25.5 Å². The first-order chi connectivity index (χ1) is 8.56. The number of carbonyl (C=O) groups excluding carboxylic acids is 1. The minimum atomic E-state index is -0.628. The van der Waals surface area contributed by atoms with E-state index in [9.17, 15) is 9.18 Å². The highest BCUT2D eigenvalue weighted by Crippen LogP contribution is 2.16. The summed E-state index contributed by atoms with van der Waals surface area (Å²) in [5, 5.41) is 0. The van der Waals surface area contributed by atoms with Crippen LogP contribution in [0.25, 0.3) is 0 Å². The van der Waals surface area contributed by atoms with Gasteiger partial charge in [-0.3, -0.25) is 4.79 Å². The monoisotopic (exact) mass is 252 g/mol. The van der Waals surface area contributed by atoms with Crippen molar-refractivity contribution in [2.75, 3.05) is 13.1 Å². The van der Waals surface area contributed by atoms with Crippen LogP contribution in [0.15, 0.2) is 24.3 Å². The fourth-order valence-electron chi connectivity index (χ4n) is 2.04. The van der Waals surface area contributed by atoms with Gasteiger partial charge in [0.25, 0.3) is 5.91 Å². The Hall–Kier alpha value is -1.62. The standard InChI is InChI=1S/C13H17FN2O2/c1-9(13(17)16-6-5-11(15)8-16)18-12-4-2-3-10(14)7-12/h2-4,7,9,11H,5-6,8,15H2,1H3/t9-,11+/m1/s1. The summed E-state index contributed by atoms with van der Waals surface area (Å²) >= 11 is 0. The normalized spacial score (nSPS) is 20.8. The van der Waals surface area contributed by atoms with Gasteiger partial charge < -0.3 is 15.4 Å². The highest BCUT2D eigenvalue weighted by molar-refractivity contribution is 5.81. The van der Waals surface area contributed by atoms with Gasteiger partial charge in [-0.15, -0.1) is 0 Å². The molecule has 1 saturated heterocycles. The molecule has 0 aromatic heterocycles. The van der Waals surface area contributed by atoms with Crippen LogP contribution in [0.3, 0.4) is 0 Å². The van der Waals surface area contributed by atoms with Crippen molar-refractivity contribution in [1.82, 2.24) is 4.90 Å². The molecule has 1 heterocycles. The van der Waals surface area contributed by atoms with E-state index in [2.05, 4.69) is 0 Å². The number of hydrogen-bond acceptors (Lipinski definition) is 3. The van der Waals surface area contributed by atoms with Crippen molar-refractivity contribution in [1.29, 1.82) is 0 Å². The van der Waals surface area contributed by atoms with Crippen molar-refractivity contribution in [3.8, 4) is 5.75 Å². The van der Waals surface area contributed by atoms with E-state index in [1.54, 1.807) is 24.0 Å². The zero-order valence-electron chi connectivity index (χ0n) is 10.3. The minimum absolute atomic E-state index is 0.0512. The lowest BCUT2D eigenvalue weighted by Gasteiger charge is -2.21. The first-order valence-electron chi connectivity index (χ1n) is 6.03. The lowest BCUT2D eigenvalue weighted by atomic mass is 10.3. The summed E-state index contributed by atoms with van der Waals surface area (Å²) < 4.78 is 18.4. The van der Waals surface area contributed by atoms with Gasteiger partial charge in [-0.1, -0.05) is 6.07 Å². The summed E-state index contributed by atoms with van der Waals surface area (Å²) in [6.45, 7) is 2.89. The zero-order chi connectivity index (χ0) is 13.1. The summed E-state index contributed by atoms with van der Waals surface area (Å²) in [5.41, 5.74) is 5.75. The third-order valence-electron chi connectivity index (χ3n) is 2.99. The Morgan fingerprint density at radius 3 is 3.00 bits per heavy atom. The maximum atomic E-state index is 13.0. The molecular formula is C13H17FN2O2. The quantitative estimate of drug-likeness (QED) is 0.878. The van der Waals surface area contributed by atoms with Crippen molar-refractivity contribution in [2.45, 2.75) is 25.5 Å². The average molecular weight is 252 g/mol. The van der Waals surface area contributed by atoms with Crippen LogP contribution in [0.2, 0.25) is 0 Å². The van der Waals surface area contributed by atoms with Crippen LogP contribution in [-0.4, -0.2) is 36.0 Å². The molecule has 1 aromatic carbocycles. The Morgan fingerprint density at radius 2 is 2.39 bits per heavy atom. The molecule has 1 amide bonds. The highest BCUT2D eigenvalue weighted by atomic mass is 19.1. The van der Waals surface area contributed by atoms with Gasteiger partial charge in [0.15, 0.2) is 6.10 Å². The van der Waals surface area contributed by atoms with Crippen LogP contribution in [0.5, 0.6) is 5.75 Å². The molecule has 1 fully saturated rings. The van der Waals surface area contributed by atoms with Crippen LogP contribution >= 0.6 is 0 Å². The zero-order valence-corrected chi connectivity index (χ0v) is 10.3. The maximum absolute atomic E-state index is 13.0. The number of halogens is 1. The Labute approximate surface area is 106 Å². The summed E-state index contributed by atoms with van der Waals surface area (Å²) in [5.74, 6) is -0.123. The number of amides is 1. The molecule has 2 atom stereocenters. The average Bonchev–Trinajstić information content (AvgIpc) is 2.75. The summed E-state index contributed by atoms with van der Waals surface area (Å²) in [7, 11) is 0. The molecule has 0 aliphatic carbocycles. The van der Waals surface area contributed by atoms with Crippen molar-refractivity contribution in [2.24, 2.45) is 5.73 Å². The van der Waals surface area contributed by atoms with Gasteiger partial charge in [0.1, 0.15) is 11.6 Å². The van der Waals surface area contributed by atoms with E-state index < -0.39 is 6.10 Å². The first kappa shape index (κ1) is 12.8. The molecule has 0 bridgehead atoms. The van der Waals surface area contributed by atoms with E-state index in [1.807, 2.05) is 0 Å². The number of ether oxygens (including phenoxy) is 1. The van der Waals surface area contributed by atoms with Crippen molar-refractivity contribution in [3.05, 3.63) is 30.1 Å².